The zero-order chi connectivity index (χ0) is 19.8. The standard InChI is InChI=1S/C19H19ClN2O5/c1-22(11-17(23)21-16-6-4-3-5-15(16)20)18(24)12-27-19(25)13-7-9-14(26-2)10-8-13/h3-10H,11-12H2,1-2H3,(H,21,23). The molecule has 0 spiro atoms. The lowest BCUT2D eigenvalue weighted by Crippen LogP contribution is -2.37. The summed E-state index contributed by atoms with van der Waals surface area (Å²) in [5.41, 5.74) is 0.749. The highest BCUT2D eigenvalue weighted by Crippen LogP contribution is 2.20. The second-order valence-corrected chi connectivity index (χ2v) is 5.99. The van der Waals surface area contributed by atoms with Crippen LogP contribution in [0.1, 0.15) is 10.4 Å². The number of carbonyl (C=O) groups is 3. The van der Waals surface area contributed by atoms with E-state index in [4.69, 9.17) is 21.1 Å². The number of esters is 1. The zero-order valence-electron chi connectivity index (χ0n) is 14.9. The van der Waals surface area contributed by atoms with Gasteiger partial charge in [-0.05, 0) is 36.4 Å². The van der Waals surface area contributed by atoms with Crippen molar-refractivity contribution < 1.29 is 23.9 Å². The van der Waals surface area contributed by atoms with Crippen LogP contribution in [-0.2, 0) is 14.3 Å². The summed E-state index contributed by atoms with van der Waals surface area (Å²) in [5.74, 6) is -0.960. The lowest BCUT2D eigenvalue weighted by Gasteiger charge is -2.17. The average Bonchev–Trinajstić information content (AvgIpc) is 2.67. The molecule has 0 aromatic heterocycles. The van der Waals surface area contributed by atoms with E-state index in [1.165, 1.54) is 26.3 Å². The Labute approximate surface area is 161 Å². The van der Waals surface area contributed by atoms with Crippen LogP contribution >= 0.6 is 11.6 Å². The van der Waals surface area contributed by atoms with Crippen LogP contribution in [0.15, 0.2) is 48.5 Å². The summed E-state index contributed by atoms with van der Waals surface area (Å²) in [7, 11) is 2.96. The van der Waals surface area contributed by atoms with Crippen LogP contribution in [0.4, 0.5) is 5.69 Å². The topological polar surface area (TPSA) is 84.9 Å². The van der Waals surface area contributed by atoms with E-state index >= 15 is 0 Å². The first-order valence-corrected chi connectivity index (χ1v) is 8.38. The molecular formula is C19H19ClN2O5. The van der Waals surface area contributed by atoms with Crippen LogP contribution in [0.25, 0.3) is 0 Å². The molecular weight excluding hydrogens is 372 g/mol. The molecule has 0 fully saturated rings. The molecule has 7 nitrogen and oxygen atoms in total. The van der Waals surface area contributed by atoms with E-state index in [0.29, 0.717) is 22.0 Å². The number of benzene rings is 2. The van der Waals surface area contributed by atoms with Crippen molar-refractivity contribution in [3.63, 3.8) is 0 Å². The van der Waals surface area contributed by atoms with E-state index < -0.39 is 24.4 Å². The Bertz CT molecular complexity index is 823. The summed E-state index contributed by atoms with van der Waals surface area (Å²) in [4.78, 5) is 37.2. The Morgan fingerprint density at radius 2 is 1.74 bits per heavy atom. The van der Waals surface area contributed by atoms with Crippen molar-refractivity contribution in [1.29, 1.82) is 0 Å². The SMILES string of the molecule is COc1ccc(C(=O)OCC(=O)N(C)CC(=O)Nc2ccccc2Cl)cc1. The average molecular weight is 391 g/mol. The van der Waals surface area contributed by atoms with Crippen LogP contribution < -0.4 is 10.1 Å². The third kappa shape index (κ3) is 6.00. The lowest BCUT2D eigenvalue weighted by molar-refractivity contribution is -0.136. The highest BCUT2D eigenvalue weighted by atomic mass is 35.5. The first-order chi connectivity index (χ1) is 12.9. The number of rotatable bonds is 7. The molecule has 0 bridgehead atoms. The number of methoxy groups -OCH3 is 1. The van der Waals surface area contributed by atoms with Crippen molar-refractivity contribution in [1.82, 2.24) is 4.90 Å². The van der Waals surface area contributed by atoms with Crippen molar-refractivity contribution in [2.75, 3.05) is 32.6 Å². The minimum atomic E-state index is -0.639. The summed E-state index contributed by atoms with van der Waals surface area (Å²) in [5, 5.41) is 3.01. The van der Waals surface area contributed by atoms with Crippen molar-refractivity contribution in [2.45, 2.75) is 0 Å². The predicted molar refractivity (Wildman–Crippen MR) is 101 cm³/mol. The van der Waals surface area contributed by atoms with Crippen LogP contribution in [0.3, 0.4) is 0 Å². The van der Waals surface area contributed by atoms with Gasteiger partial charge in [-0.3, -0.25) is 9.59 Å². The van der Waals surface area contributed by atoms with Gasteiger partial charge in [0.05, 0.1) is 29.9 Å². The summed E-state index contributed by atoms with van der Waals surface area (Å²) in [6.07, 6.45) is 0. The van der Waals surface area contributed by atoms with Gasteiger partial charge in [-0.25, -0.2) is 4.79 Å². The van der Waals surface area contributed by atoms with E-state index in [1.807, 2.05) is 0 Å². The summed E-state index contributed by atoms with van der Waals surface area (Å²) in [6, 6.07) is 13.1. The number of nitrogens with zero attached hydrogens (tertiary/aromatic N) is 1. The molecule has 0 unspecified atom stereocenters. The van der Waals surface area contributed by atoms with Gasteiger partial charge in [0.25, 0.3) is 5.91 Å². The maximum absolute atomic E-state index is 12.1. The molecule has 0 aliphatic heterocycles. The molecule has 142 valence electrons. The van der Waals surface area contributed by atoms with Crippen LogP contribution in [-0.4, -0.2) is 50.0 Å². The maximum Gasteiger partial charge on any atom is 0.338 e. The molecule has 0 aliphatic rings. The second kappa shape index (κ2) is 9.59. The molecule has 2 aromatic rings. The minimum absolute atomic E-state index is 0.204. The van der Waals surface area contributed by atoms with E-state index in [9.17, 15) is 14.4 Å². The van der Waals surface area contributed by atoms with E-state index in [1.54, 1.807) is 36.4 Å². The van der Waals surface area contributed by atoms with Gasteiger partial charge in [-0.15, -0.1) is 0 Å². The maximum atomic E-state index is 12.1. The fourth-order valence-corrected chi connectivity index (χ4v) is 2.29. The first-order valence-electron chi connectivity index (χ1n) is 8.00. The van der Waals surface area contributed by atoms with Gasteiger partial charge < -0.3 is 19.7 Å². The summed E-state index contributed by atoms with van der Waals surface area (Å²) < 4.78 is 9.99. The molecule has 8 heteroatoms. The van der Waals surface area contributed by atoms with Gasteiger partial charge in [0.15, 0.2) is 6.61 Å². The molecule has 2 amide bonds. The minimum Gasteiger partial charge on any atom is -0.497 e. The first kappa shape index (κ1) is 20.3. The molecule has 0 heterocycles. The second-order valence-electron chi connectivity index (χ2n) is 5.58. The highest BCUT2D eigenvalue weighted by Gasteiger charge is 2.16. The number of carbonyl (C=O) groups excluding carboxylic acids is 3. The largest absolute Gasteiger partial charge is 0.497 e. The van der Waals surface area contributed by atoms with Crippen LogP contribution in [0, 0.1) is 0 Å². The van der Waals surface area contributed by atoms with Gasteiger partial charge >= 0.3 is 5.97 Å². The molecule has 27 heavy (non-hydrogen) atoms. The Hall–Kier alpha value is -3.06. The summed E-state index contributed by atoms with van der Waals surface area (Å²) in [6.45, 7) is -0.676. The van der Waals surface area contributed by atoms with E-state index in [-0.39, 0.29) is 6.54 Å². The number of ether oxygens (including phenoxy) is 2. The van der Waals surface area contributed by atoms with Gasteiger partial charge in [0, 0.05) is 7.05 Å². The van der Waals surface area contributed by atoms with Crippen molar-refractivity contribution in [3.8, 4) is 5.75 Å². The molecule has 0 atom stereocenters. The number of para-hydroxylation sites is 1. The number of anilines is 1. The molecule has 0 saturated carbocycles. The van der Waals surface area contributed by atoms with Crippen LogP contribution in [0.2, 0.25) is 5.02 Å². The van der Waals surface area contributed by atoms with Gasteiger partial charge in [-0.1, -0.05) is 23.7 Å². The molecule has 1 N–H and O–H groups in total. The zero-order valence-corrected chi connectivity index (χ0v) is 15.7. The normalized spacial score (nSPS) is 10.0. The fourth-order valence-electron chi connectivity index (χ4n) is 2.10. The predicted octanol–water partition coefficient (Wildman–Crippen LogP) is 2.60. The van der Waals surface area contributed by atoms with Gasteiger partial charge in [0.1, 0.15) is 5.75 Å². The molecule has 2 aromatic carbocycles. The quantitative estimate of drug-likeness (QED) is 0.734. The molecule has 0 aliphatic carbocycles. The van der Waals surface area contributed by atoms with Crippen LogP contribution in [0.5, 0.6) is 5.75 Å². The molecule has 0 saturated heterocycles. The molecule has 2 rings (SSSR count). The van der Waals surface area contributed by atoms with Gasteiger partial charge in [0.2, 0.25) is 5.91 Å². The van der Waals surface area contributed by atoms with Crippen molar-refractivity contribution >= 4 is 35.1 Å². The number of likely N-dealkylation sites (N-methyl/N-ethyl adjacent to an activating group) is 1. The van der Waals surface area contributed by atoms with E-state index in [0.717, 1.165) is 4.90 Å². The number of nitrogens with one attached hydrogen (secondary N) is 1. The summed E-state index contributed by atoms with van der Waals surface area (Å²) >= 11 is 5.97. The Morgan fingerprint density at radius 3 is 2.37 bits per heavy atom. The highest BCUT2D eigenvalue weighted by molar-refractivity contribution is 6.33. The number of hydrogen-bond donors (Lipinski definition) is 1. The smallest absolute Gasteiger partial charge is 0.338 e. The molecule has 0 radical (unpaired) electrons. The Balaban J connectivity index is 1.81. The van der Waals surface area contributed by atoms with Gasteiger partial charge in [-0.2, -0.15) is 0 Å². The Kier molecular flexibility index (Phi) is 7.19. The third-order valence-corrected chi connectivity index (χ3v) is 3.94. The van der Waals surface area contributed by atoms with Crippen molar-refractivity contribution in [2.24, 2.45) is 0 Å². The lowest BCUT2D eigenvalue weighted by atomic mass is 10.2. The van der Waals surface area contributed by atoms with E-state index in [2.05, 4.69) is 5.32 Å². The number of halogens is 1. The number of amides is 2. The van der Waals surface area contributed by atoms with Crippen molar-refractivity contribution in [3.05, 3.63) is 59.1 Å². The monoisotopic (exact) mass is 390 g/mol. The fraction of sp³-hybridized carbons (Fsp3) is 0.211. The third-order valence-electron chi connectivity index (χ3n) is 3.61. The Morgan fingerprint density at radius 1 is 1.07 bits per heavy atom. The number of hydrogen-bond acceptors (Lipinski definition) is 5.